The molecule has 0 saturated heterocycles. The third-order valence-corrected chi connectivity index (χ3v) is 8.18. The number of anilines is 2. The molecule has 5 aromatic carbocycles. The van der Waals surface area contributed by atoms with Crippen LogP contribution in [-0.2, 0) is 12.4 Å². The lowest BCUT2D eigenvalue weighted by molar-refractivity contribution is -0.138. The maximum absolute atomic E-state index is 13.5. The normalized spacial score (nSPS) is 13.1. The number of nitrogens with zero attached hydrogens (tertiary/aromatic N) is 4. The summed E-state index contributed by atoms with van der Waals surface area (Å²) in [6.45, 7) is 0. The van der Waals surface area contributed by atoms with Crippen LogP contribution in [0.15, 0.2) is 95.7 Å². The summed E-state index contributed by atoms with van der Waals surface area (Å²) in [6.07, 6.45) is -9.20. The van der Waals surface area contributed by atoms with Crippen LogP contribution in [0.5, 0.6) is 11.5 Å². The zero-order valence-electron chi connectivity index (χ0n) is 24.8. The van der Waals surface area contributed by atoms with E-state index in [9.17, 15) is 47.4 Å². The first kappa shape index (κ1) is 31.4. The molecule has 0 radical (unpaired) electrons. The van der Waals surface area contributed by atoms with Crippen molar-refractivity contribution in [1.29, 1.82) is 21.0 Å². The summed E-state index contributed by atoms with van der Waals surface area (Å²) in [5.74, 6) is -0.151. The molecule has 0 spiro atoms. The molecule has 50 heavy (non-hydrogen) atoms. The third-order valence-electron chi connectivity index (χ3n) is 8.18. The van der Waals surface area contributed by atoms with E-state index in [0.717, 1.165) is 24.3 Å². The molecule has 7 rings (SSSR count). The minimum atomic E-state index is -4.61. The summed E-state index contributed by atoms with van der Waals surface area (Å²) in [5, 5.41) is 45.7. The lowest BCUT2D eigenvalue weighted by Gasteiger charge is -2.17. The second kappa shape index (κ2) is 11.2. The predicted molar refractivity (Wildman–Crippen MR) is 167 cm³/mol. The van der Waals surface area contributed by atoms with Gasteiger partial charge >= 0.3 is 12.4 Å². The van der Waals surface area contributed by atoms with Crippen molar-refractivity contribution in [3.05, 3.63) is 107 Å². The molecule has 2 N–H and O–H groups in total. The Morgan fingerprint density at radius 3 is 1.50 bits per heavy atom. The molecule has 0 aliphatic carbocycles. The van der Waals surface area contributed by atoms with Crippen molar-refractivity contribution >= 4 is 32.9 Å². The summed E-state index contributed by atoms with van der Waals surface area (Å²) in [7, 11) is 0. The van der Waals surface area contributed by atoms with Gasteiger partial charge in [-0.15, -0.1) is 0 Å². The van der Waals surface area contributed by atoms with Gasteiger partial charge in [0.25, 0.3) is 0 Å². The smallest absolute Gasteiger partial charge is 0.416 e. The fourth-order valence-electron chi connectivity index (χ4n) is 5.94. The van der Waals surface area contributed by atoms with Gasteiger partial charge in [0, 0.05) is 10.9 Å². The van der Waals surface area contributed by atoms with Gasteiger partial charge in [0.05, 0.1) is 22.5 Å². The van der Waals surface area contributed by atoms with E-state index in [4.69, 9.17) is 9.47 Å². The van der Waals surface area contributed by atoms with Crippen molar-refractivity contribution in [2.45, 2.75) is 12.4 Å². The molecule has 0 fully saturated rings. The van der Waals surface area contributed by atoms with Crippen molar-refractivity contribution in [3.8, 4) is 58.0 Å². The van der Waals surface area contributed by atoms with Gasteiger partial charge in [-0.3, -0.25) is 0 Å². The average molecular weight is 677 g/mol. The first-order valence-corrected chi connectivity index (χ1v) is 14.3. The Balaban J connectivity index is 1.58. The number of hydrogen-bond acceptors (Lipinski definition) is 8. The van der Waals surface area contributed by atoms with Crippen LogP contribution in [0.25, 0.3) is 43.8 Å². The van der Waals surface area contributed by atoms with Crippen LogP contribution in [-0.4, -0.2) is 0 Å². The molecule has 2 aliphatic rings. The number of nitrogens with one attached hydrogen (secondary N) is 2. The molecular weight excluding hydrogens is 662 g/mol. The molecule has 14 heteroatoms. The van der Waals surface area contributed by atoms with Gasteiger partial charge in [0.1, 0.15) is 24.3 Å². The van der Waals surface area contributed by atoms with Gasteiger partial charge in [-0.1, -0.05) is 36.4 Å². The SMILES string of the molecule is N#CC(C#N)=C1Nc2c(cc3c(ccc4c(-c5ccc(C(F)(F)F)cc5)cc5c(c43)NC(=C(C#N)C#N)O5)c2-c2ccc(C(F)(F)F)cc2)O1. The van der Waals surface area contributed by atoms with Gasteiger partial charge < -0.3 is 20.1 Å². The largest absolute Gasteiger partial charge is 0.437 e. The Morgan fingerprint density at radius 1 is 0.540 bits per heavy atom. The maximum atomic E-state index is 13.5. The van der Waals surface area contributed by atoms with E-state index in [0.29, 0.717) is 43.8 Å². The minimum Gasteiger partial charge on any atom is -0.437 e. The van der Waals surface area contributed by atoms with Crippen LogP contribution in [0.3, 0.4) is 0 Å². The molecule has 0 amide bonds. The van der Waals surface area contributed by atoms with Crippen LogP contribution in [0.4, 0.5) is 37.7 Å². The number of ether oxygens (including phenoxy) is 2. The van der Waals surface area contributed by atoms with E-state index in [-0.39, 0.29) is 40.2 Å². The highest BCUT2D eigenvalue weighted by Gasteiger charge is 2.33. The van der Waals surface area contributed by atoms with Gasteiger partial charge in [0.15, 0.2) is 22.6 Å². The first-order chi connectivity index (χ1) is 23.9. The first-order valence-electron chi connectivity index (χ1n) is 14.3. The summed E-state index contributed by atoms with van der Waals surface area (Å²) in [4.78, 5) is 0. The number of allylic oxidation sites excluding steroid dienone is 2. The second-order valence-corrected chi connectivity index (χ2v) is 11.0. The fourth-order valence-corrected chi connectivity index (χ4v) is 5.94. The molecule has 2 heterocycles. The second-order valence-electron chi connectivity index (χ2n) is 11.0. The van der Waals surface area contributed by atoms with E-state index < -0.39 is 29.1 Å². The van der Waals surface area contributed by atoms with E-state index in [2.05, 4.69) is 10.6 Å². The topological polar surface area (TPSA) is 138 Å². The van der Waals surface area contributed by atoms with Crippen molar-refractivity contribution < 1.29 is 35.8 Å². The maximum Gasteiger partial charge on any atom is 0.416 e. The van der Waals surface area contributed by atoms with Gasteiger partial charge in [-0.2, -0.15) is 47.4 Å². The number of benzene rings is 5. The van der Waals surface area contributed by atoms with Crippen molar-refractivity contribution in [3.63, 3.8) is 0 Å². The lowest BCUT2D eigenvalue weighted by Crippen LogP contribution is -2.04. The number of alkyl halides is 6. The number of hydrogen-bond donors (Lipinski definition) is 2. The van der Waals surface area contributed by atoms with Gasteiger partial charge in [-0.25, -0.2) is 0 Å². The molecule has 8 nitrogen and oxygen atoms in total. The van der Waals surface area contributed by atoms with Gasteiger partial charge in [0.2, 0.25) is 11.8 Å². The van der Waals surface area contributed by atoms with E-state index in [1.54, 1.807) is 48.5 Å². The Morgan fingerprint density at radius 2 is 1.00 bits per heavy atom. The highest BCUT2D eigenvalue weighted by atomic mass is 19.4. The van der Waals surface area contributed by atoms with Crippen LogP contribution in [0.1, 0.15) is 11.1 Å². The molecule has 2 aliphatic heterocycles. The number of fused-ring (bicyclic) bond motifs is 6. The summed E-state index contributed by atoms with van der Waals surface area (Å²) in [6, 6.07) is 22.2. The quantitative estimate of drug-likeness (QED) is 0.107. The monoisotopic (exact) mass is 676 g/mol. The molecule has 5 aromatic rings. The Bertz CT molecular complexity index is 2510. The number of rotatable bonds is 2. The van der Waals surface area contributed by atoms with Gasteiger partial charge in [-0.05, 0) is 69.2 Å². The Kier molecular flexibility index (Phi) is 7.06. The molecular formula is C36H14F6N6O2. The molecule has 0 bridgehead atoms. The highest BCUT2D eigenvalue weighted by Crippen LogP contribution is 2.53. The molecule has 0 unspecified atom stereocenters. The minimum absolute atomic E-state index is 0.107. The van der Waals surface area contributed by atoms with Crippen molar-refractivity contribution in [2.24, 2.45) is 0 Å². The number of nitriles is 4. The highest BCUT2D eigenvalue weighted by molar-refractivity contribution is 6.23. The zero-order valence-corrected chi connectivity index (χ0v) is 24.8. The Hall–Kier alpha value is -7.16. The molecule has 0 saturated carbocycles. The molecule has 0 atom stereocenters. The third kappa shape index (κ3) is 5.00. The summed E-state index contributed by atoms with van der Waals surface area (Å²) >= 11 is 0. The summed E-state index contributed by atoms with van der Waals surface area (Å²) in [5.41, 5.74) is -0.570. The lowest BCUT2D eigenvalue weighted by atomic mass is 9.89. The van der Waals surface area contributed by atoms with Crippen LogP contribution in [0.2, 0.25) is 0 Å². The zero-order chi connectivity index (χ0) is 35.5. The number of halogens is 6. The molecule has 0 aromatic heterocycles. The fraction of sp³-hybridized carbons (Fsp3) is 0.0556. The van der Waals surface area contributed by atoms with E-state index >= 15 is 0 Å². The van der Waals surface area contributed by atoms with E-state index in [1.807, 2.05) is 0 Å². The Labute approximate surface area is 277 Å². The van der Waals surface area contributed by atoms with Crippen molar-refractivity contribution in [2.75, 3.05) is 10.6 Å². The standard InChI is InChI=1S/C36H14F6N6O2/c37-35(38,39)21-5-1-17(2-6-21)25-11-27-32(48-34(49-27)20(15-45)16-46)30-23(25)9-10-24-26(30)12-28-31(47-33(50-28)19(13-43)14-44)29(24)18-3-7-22(8-4-18)36(40,41)42/h1-12,47-48H. The van der Waals surface area contributed by atoms with Crippen molar-refractivity contribution in [1.82, 2.24) is 0 Å². The summed E-state index contributed by atoms with van der Waals surface area (Å²) < 4.78 is 92.5. The van der Waals surface area contributed by atoms with E-state index in [1.165, 1.54) is 24.3 Å². The average Bonchev–Trinajstić information content (AvgIpc) is 3.71. The van der Waals surface area contributed by atoms with Crippen LogP contribution < -0.4 is 20.1 Å². The predicted octanol–water partition coefficient (Wildman–Crippen LogP) is 9.49. The van der Waals surface area contributed by atoms with Crippen LogP contribution in [0, 0.1) is 45.3 Å². The molecule has 242 valence electrons. The van der Waals surface area contributed by atoms with Crippen LogP contribution >= 0.6 is 0 Å².